The van der Waals surface area contributed by atoms with Crippen LogP contribution in [-0.4, -0.2) is 24.9 Å². The molecule has 0 aliphatic heterocycles. The van der Waals surface area contributed by atoms with Gasteiger partial charge in [0.25, 0.3) is 0 Å². The maximum Gasteiger partial charge on any atom is 0.227 e. The average molecular weight is 232 g/mol. The summed E-state index contributed by atoms with van der Waals surface area (Å²) in [5.74, 6) is 0.403. The van der Waals surface area contributed by atoms with Crippen molar-refractivity contribution >= 4 is 28.8 Å². The predicted octanol–water partition coefficient (Wildman–Crippen LogP) is 0.644. The Labute approximate surface area is 97.0 Å². The molecular formula is C9H8N6S. The summed E-state index contributed by atoms with van der Waals surface area (Å²) in [7, 11) is 0. The van der Waals surface area contributed by atoms with Gasteiger partial charge in [-0.15, -0.1) is 0 Å². The number of thiocarbonyl (C=S) groups is 1. The quantitative estimate of drug-likeness (QED) is 0.751. The maximum atomic E-state index is 5.46. The molecule has 6 nitrogen and oxygen atoms in total. The Morgan fingerprint density at radius 2 is 2.06 bits per heavy atom. The van der Waals surface area contributed by atoms with E-state index in [1.807, 2.05) is 0 Å². The van der Waals surface area contributed by atoms with Gasteiger partial charge in [-0.1, -0.05) is 12.2 Å². The third-order valence-electron chi connectivity index (χ3n) is 1.72. The Morgan fingerprint density at radius 1 is 1.31 bits per heavy atom. The first-order valence-corrected chi connectivity index (χ1v) is 4.81. The molecule has 2 aromatic heterocycles. The molecule has 7 heteroatoms. The van der Waals surface area contributed by atoms with E-state index in [9.17, 15) is 0 Å². The van der Waals surface area contributed by atoms with Crippen molar-refractivity contribution in [3.8, 4) is 0 Å². The van der Waals surface area contributed by atoms with Crippen molar-refractivity contribution in [2.45, 2.75) is 0 Å². The summed E-state index contributed by atoms with van der Waals surface area (Å²) in [6, 6.07) is 1.65. The summed E-state index contributed by atoms with van der Waals surface area (Å²) in [6.45, 7) is 0. The van der Waals surface area contributed by atoms with Crippen LogP contribution >= 0.6 is 12.2 Å². The van der Waals surface area contributed by atoms with E-state index >= 15 is 0 Å². The van der Waals surface area contributed by atoms with E-state index < -0.39 is 0 Å². The second-order valence-electron chi connectivity index (χ2n) is 2.88. The van der Waals surface area contributed by atoms with E-state index in [-0.39, 0.29) is 4.99 Å². The van der Waals surface area contributed by atoms with Crippen molar-refractivity contribution < 1.29 is 0 Å². The highest BCUT2D eigenvalue weighted by Gasteiger charge is 2.01. The summed E-state index contributed by atoms with van der Waals surface area (Å²) >= 11 is 4.82. The van der Waals surface area contributed by atoms with E-state index in [2.05, 4.69) is 25.3 Å². The van der Waals surface area contributed by atoms with Crippen LogP contribution in [0.15, 0.2) is 31.0 Å². The third kappa shape index (κ3) is 2.45. The van der Waals surface area contributed by atoms with Crippen LogP contribution in [0.1, 0.15) is 5.69 Å². The zero-order valence-electron chi connectivity index (χ0n) is 8.16. The first kappa shape index (κ1) is 10.4. The number of rotatable bonds is 3. The third-order valence-corrected chi connectivity index (χ3v) is 1.93. The van der Waals surface area contributed by atoms with Crippen LogP contribution in [0.5, 0.6) is 0 Å². The van der Waals surface area contributed by atoms with Crippen LogP contribution in [0.4, 0.5) is 11.6 Å². The van der Waals surface area contributed by atoms with Gasteiger partial charge in [-0.2, -0.15) is 0 Å². The standard InChI is InChI=1S/C9H8N6S/c10-8(16)7-1-2-13-9(15-7)14-6-3-11-5-12-4-6/h1-5H,(H2,10,16)(H,13,14,15). The fourth-order valence-electron chi connectivity index (χ4n) is 1.05. The molecule has 2 heterocycles. The minimum absolute atomic E-state index is 0.231. The summed E-state index contributed by atoms with van der Waals surface area (Å²) < 4.78 is 0. The molecule has 0 bridgehead atoms. The maximum absolute atomic E-state index is 5.46. The van der Waals surface area contributed by atoms with Crippen molar-refractivity contribution in [2.24, 2.45) is 5.73 Å². The van der Waals surface area contributed by atoms with Crippen LogP contribution < -0.4 is 11.1 Å². The number of nitrogens with zero attached hydrogens (tertiary/aromatic N) is 4. The molecule has 0 fully saturated rings. The molecule has 0 aromatic carbocycles. The Kier molecular flexibility index (Phi) is 2.97. The molecule has 0 unspecified atom stereocenters. The number of hydrogen-bond acceptors (Lipinski definition) is 6. The zero-order chi connectivity index (χ0) is 11.4. The number of anilines is 2. The highest BCUT2D eigenvalue weighted by molar-refractivity contribution is 7.80. The molecule has 80 valence electrons. The summed E-state index contributed by atoms with van der Waals surface area (Å²) in [5.41, 5.74) is 6.68. The van der Waals surface area contributed by atoms with Gasteiger partial charge >= 0.3 is 0 Å². The first-order chi connectivity index (χ1) is 7.75. The van der Waals surface area contributed by atoms with E-state index in [4.69, 9.17) is 18.0 Å². The van der Waals surface area contributed by atoms with Crippen molar-refractivity contribution in [1.29, 1.82) is 0 Å². The number of nitrogens with two attached hydrogens (primary N) is 1. The van der Waals surface area contributed by atoms with Gasteiger partial charge in [0.15, 0.2) is 0 Å². The van der Waals surface area contributed by atoms with E-state index in [1.165, 1.54) is 6.33 Å². The minimum Gasteiger partial charge on any atom is -0.388 e. The zero-order valence-corrected chi connectivity index (χ0v) is 8.98. The van der Waals surface area contributed by atoms with Crippen molar-refractivity contribution in [3.05, 3.63) is 36.7 Å². The molecule has 0 saturated carbocycles. The van der Waals surface area contributed by atoms with Gasteiger partial charge in [0, 0.05) is 6.20 Å². The average Bonchev–Trinajstić information content (AvgIpc) is 2.30. The molecule has 0 atom stereocenters. The lowest BCUT2D eigenvalue weighted by molar-refractivity contribution is 1.12. The fourth-order valence-corrected chi connectivity index (χ4v) is 1.16. The number of hydrogen-bond donors (Lipinski definition) is 2. The Bertz CT molecular complexity index is 500. The molecular weight excluding hydrogens is 224 g/mol. The normalized spacial score (nSPS) is 9.75. The van der Waals surface area contributed by atoms with Gasteiger partial charge in [0.1, 0.15) is 17.0 Å². The van der Waals surface area contributed by atoms with E-state index in [1.54, 1.807) is 24.7 Å². The number of aromatic nitrogens is 4. The van der Waals surface area contributed by atoms with Crippen LogP contribution in [0.3, 0.4) is 0 Å². The molecule has 3 N–H and O–H groups in total. The fraction of sp³-hybridized carbons (Fsp3) is 0. The van der Waals surface area contributed by atoms with Gasteiger partial charge < -0.3 is 11.1 Å². The lowest BCUT2D eigenvalue weighted by atomic mass is 10.4. The minimum atomic E-state index is 0.231. The van der Waals surface area contributed by atoms with Gasteiger partial charge in [0.05, 0.1) is 18.1 Å². The highest BCUT2D eigenvalue weighted by Crippen LogP contribution is 2.09. The van der Waals surface area contributed by atoms with Crippen LogP contribution in [0, 0.1) is 0 Å². The Balaban J connectivity index is 2.22. The second-order valence-corrected chi connectivity index (χ2v) is 3.32. The van der Waals surface area contributed by atoms with Crippen molar-refractivity contribution in [3.63, 3.8) is 0 Å². The predicted molar refractivity (Wildman–Crippen MR) is 63.2 cm³/mol. The van der Waals surface area contributed by atoms with Gasteiger partial charge in [-0.25, -0.2) is 19.9 Å². The molecule has 2 rings (SSSR count). The van der Waals surface area contributed by atoms with Gasteiger partial charge in [-0.3, -0.25) is 0 Å². The molecule has 0 radical (unpaired) electrons. The first-order valence-electron chi connectivity index (χ1n) is 4.40. The topological polar surface area (TPSA) is 89.6 Å². The monoisotopic (exact) mass is 232 g/mol. The van der Waals surface area contributed by atoms with E-state index in [0.29, 0.717) is 17.3 Å². The van der Waals surface area contributed by atoms with E-state index in [0.717, 1.165) is 0 Å². The molecule has 16 heavy (non-hydrogen) atoms. The largest absolute Gasteiger partial charge is 0.388 e. The molecule has 0 spiro atoms. The van der Waals surface area contributed by atoms with Gasteiger partial charge in [-0.05, 0) is 6.07 Å². The smallest absolute Gasteiger partial charge is 0.227 e. The lowest BCUT2D eigenvalue weighted by Crippen LogP contribution is -2.12. The number of nitrogens with one attached hydrogen (secondary N) is 1. The SMILES string of the molecule is NC(=S)c1ccnc(Nc2cncnc2)n1. The Morgan fingerprint density at radius 3 is 2.75 bits per heavy atom. The molecule has 0 amide bonds. The summed E-state index contributed by atoms with van der Waals surface area (Å²) in [5, 5.41) is 2.94. The summed E-state index contributed by atoms with van der Waals surface area (Å²) in [4.78, 5) is 16.1. The van der Waals surface area contributed by atoms with Crippen LogP contribution in [0.2, 0.25) is 0 Å². The van der Waals surface area contributed by atoms with Crippen molar-refractivity contribution in [2.75, 3.05) is 5.32 Å². The molecule has 0 aliphatic carbocycles. The molecule has 0 saturated heterocycles. The van der Waals surface area contributed by atoms with Crippen molar-refractivity contribution in [1.82, 2.24) is 19.9 Å². The second kappa shape index (κ2) is 4.58. The lowest BCUT2D eigenvalue weighted by Gasteiger charge is -2.04. The molecule has 0 aliphatic rings. The molecule has 2 aromatic rings. The summed E-state index contributed by atoms with van der Waals surface area (Å²) in [6.07, 6.45) is 6.25. The Hall–Kier alpha value is -2.15. The van der Waals surface area contributed by atoms with Gasteiger partial charge in [0.2, 0.25) is 5.95 Å². The van der Waals surface area contributed by atoms with Crippen LogP contribution in [-0.2, 0) is 0 Å². The highest BCUT2D eigenvalue weighted by atomic mass is 32.1. The van der Waals surface area contributed by atoms with Crippen LogP contribution in [0.25, 0.3) is 0 Å².